The Morgan fingerprint density at radius 2 is 2.00 bits per heavy atom. The van der Waals surface area contributed by atoms with Crippen LogP contribution in [0, 0.1) is 5.92 Å². The van der Waals surface area contributed by atoms with Crippen molar-refractivity contribution in [3.63, 3.8) is 0 Å². The Bertz CT molecular complexity index is 800. The molecular formula is C18H24ClN3O3S. The molecule has 1 saturated heterocycles. The van der Waals surface area contributed by atoms with E-state index >= 15 is 0 Å². The highest BCUT2D eigenvalue weighted by Gasteiger charge is 2.56. The minimum absolute atomic E-state index is 0.104. The van der Waals surface area contributed by atoms with E-state index in [9.17, 15) is 8.42 Å². The highest BCUT2D eigenvalue weighted by molar-refractivity contribution is 7.93. The number of hydrogen-bond acceptors (Lipinski definition) is 6. The van der Waals surface area contributed by atoms with Crippen LogP contribution in [0.15, 0.2) is 18.7 Å². The molecule has 8 heteroatoms. The van der Waals surface area contributed by atoms with E-state index < -0.39 is 19.8 Å². The zero-order chi connectivity index (χ0) is 18.4. The lowest BCUT2D eigenvalue weighted by Crippen LogP contribution is -2.48. The van der Waals surface area contributed by atoms with E-state index in [1.54, 1.807) is 6.08 Å². The molecule has 1 aromatic heterocycles. The smallest absolute Gasteiger partial charge is 0.224 e. The Labute approximate surface area is 159 Å². The van der Waals surface area contributed by atoms with Crippen molar-refractivity contribution in [1.29, 1.82) is 0 Å². The van der Waals surface area contributed by atoms with Gasteiger partial charge in [0, 0.05) is 19.2 Å². The summed E-state index contributed by atoms with van der Waals surface area (Å²) in [5.41, 5.74) is 0.540. The first-order valence-electron chi connectivity index (χ1n) is 9.22. The summed E-state index contributed by atoms with van der Waals surface area (Å²) in [6.07, 6.45) is 5.57. The number of sulfone groups is 1. The lowest BCUT2D eigenvalue weighted by molar-refractivity contribution is 0.122. The van der Waals surface area contributed by atoms with E-state index in [0.717, 1.165) is 19.3 Å². The predicted molar refractivity (Wildman–Crippen MR) is 101 cm³/mol. The molecule has 0 bridgehead atoms. The predicted octanol–water partition coefficient (Wildman–Crippen LogP) is 2.73. The molecule has 3 fully saturated rings. The summed E-state index contributed by atoms with van der Waals surface area (Å²) in [6, 6.07) is 1.82. The molecule has 2 heterocycles. The lowest BCUT2D eigenvalue weighted by Gasteiger charge is -2.42. The Kier molecular flexibility index (Phi) is 4.73. The molecule has 3 aliphatic rings. The highest BCUT2D eigenvalue weighted by atomic mass is 35.5. The summed E-state index contributed by atoms with van der Waals surface area (Å²) >= 11 is 6.20. The number of hydrogen-bond donors (Lipinski definition) is 0. The molecule has 142 valence electrons. The van der Waals surface area contributed by atoms with Crippen molar-refractivity contribution in [3.8, 4) is 0 Å². The van der Waals surface area contributed by atoms with Crippen LogP contribution in [-0.4, -0.2) is 49.9 Å². The molecule has 2 saturated carbocycles. The Hall–Kier alpha value is -1.18. The van der Waals surface area contributed by atoms with Crippen LogP contribution >= 0.6 is 11.6 Å². The summed E-state index contributed by atoms with van der Waals surface area (Å²) < 4.78 is 31.5. The molecule has 6 nitrogen and oxygen atoms in total. The van der Waals surface area contributed by atoms with Crippen LogP contribution in [0.2, 0.25) is 5.28 Å². The minimum Gasteiger partial charge on any atom is -0.378 e. The molecular weight excluding hydrogens is 374 g/mol. The van der Waals surface area contributed by atoms with Gasteiger partial charge in [0.2, 0.25) is 5.28 Å². The van der Waals surface area contributed by atoms with Gasteiger partial charge in [0.25, 0.3) is 0 Å². The Morgan fingerprint density at radius 1 is 1.31 bits per heavy atom. The van der Waals surface area contributed by atoms with Gasteiger partial charge in [0.15, 0.2) is 9.84 Å². The fraction of sp³-hybridized carbons (Fsp3) is 0.667. The van der Waals surface area contributed by atoms with Crippen molar-refractivity contribution >= 4 is 27.3 Å². The molecule has 0 spiro atoms. The maximum Gasteiger partial charge on any atom is 0.224 e. The van der Waals surface area contributed by atoms with E-state index in [1.165, 1.54) is 0 Å². The third kappa shape index (κ3) is 2.94. The van der Waals surface area contributed by atoms with Crippen molar-refractivity contribution < 1.29 is 13.2 Å². The van der Waals surface area contributed by atoms with Crippen molar-refractivity contribution in [3.05, 3.63) is 29.7 Å². The molecule has 1 aromatic rings. The van der Waals surface area contributed by atoms with Gasteiger partial charge in [-0.3, -0.25) is 0 Å². The molecule has 26 heavy (non-hydrogen) atoms. The molecule has 0 aromatic carbocycles. The standard InChI is InChI=1S/C18H24ClN3O3S/c1-2-14(13-4-5-13)26(23,24)18(6-3-7-18)15-12-16(21-17(19)20-15)22-8-10-25-11-9-22/h2,12-14H,1,3-11H2. The molecule has 1 unspecified atom stereocenters. The van der Waals surface area contributed by atoms with Gasteiger partial charge in [-0.2, -0.15) is 0 Å². The van der Waals surface area contributed by atoms with E-state index in [1.807, 2.05) is 6.07 Å². The van der Waals surface area contributed by atoms with Gasteiger partial charge in [-0.05, 0) is 49.6 Å². The summed E-state index contributed by atoms with van der Waals surface area (Å²) in [4.78, 5) is 10.8. The third-order valence-corrected chi connectivity index (χ3v) is 9.04. The fourth-order valence-corrected chi connectivity index (χ4v) is 7.02. The van der Waals surface area contributed by atoms with Crippen LogP contribution in [0.3, 0.4) is 0 Å². The number of aromatic nitrogens is 2. The second kappa shape index (κ2) is 6.77. The van der Waals surface area contributed by atoms with E-state index in [-0.39, 0.29) is 11.2 Å². The first-order chi connectivity index (χ1) is 12.5. The number of halogens is 1. The number of rotatable bonds is 6. The van der Waals surface area contributed by atoms with Gasteiger partial charge in [-0.1, -0.05) is 6.08 Å². The van der Waals surface area contributed by atoms with Crippen molar-refractivity contribution in [2.45, 2.75) is 42.1 Å². The number of anilines is 1. The largest absolute Gasteiger partial charge is 0.378 e. The average Bonchev–Trinajstić information content (AvgIpc) is 3.39. The second-order valence-corrected chi connectivity index (χ2v) is 10.2. The number of ether oxygens (including phenoxy) is 1. The lowest BCUT2D eigenvalue weighted by atomic mass is 9.81. The summed E-state index contributed by atoms with van der Waals surface area (Å²) in [5, 5.41) is -0.393. The van der Waals surface area contributed by atoms with Crippen LogP contribution in [-0.2, 0) is 19.3 Å². The zero-order valence-corrected chi connectivity index (χ0v) is 16.3. The molecule has 0 amide bonds. The van der Waals surface area contributed by atoms with Crippen LogP contribution in [0.4, 0.5) is 5.82 Å². The van der Waals surface area contributed by atoms with Gasteiger partial charge >= 0.3 is 0 Å². The summed E-state index contributed by atoms with van der Waals surface area (Å²) in [5.74, 6) is 0.886. The Morgan fingerprint density at radius 3 is 2.54 bits per heavy atom. The van der Waals surface area contributed by atoms with Crippen molar-refractivity contribution in [2.24, 2.45) is 5.92 Å². The van der Waals surface area contributed by atoms with Gasteiger partial charge in [0.05, 0.1) is 24.2 Å². The summed E-state index contributed by atoms with van der Waals surface area (Å²) in [6.45, 7) is 6.48. The van der Waals surface area contributed by atoms with Crippen molar-refractivity contribution in [2.75, 3.05) is 31.2 Å². The molecule has 1 aliphatic heterocycles. The first-order valence-corrected chi connectivity index (χ1v) is 11.1. The van der Waals surface area contributed by atoms with Gasteiger partial charge in [-0.25, -0.2) is 18.4 Å². The maximum atomic E-state index is 13.5. The molecule has 0 N–H and O–H groups in total. The van der Waals surface area contributed by atoms with Crippen LogP contribution in [0.1, 0.15) is 37.8 Å². The molecule has 4 rings (SSSR count). The van der Waals surface area contributed by atoms with E-state index in [0.29, 0.717) is 50.7 Å². The SMILES string of the molecule is C=CC(C1CC1)S(=O)(=O)C1(c2cc(N3CCOCC3)nc(Cl)n2)CCC1. The molecule has 0 radical (unpaired) electrons. The normalized spacial score (nSPS) is 24.0. The monoisotopic (exact) mass is 397 g/mol. The van der Waals surface area contributed by atoms with Gasteiger partial charge in [0.1, 0.15) is 10.6 Å². The first kappa shape index (κ1) is 18.2. The van der Waals surface area contributed by atoms with Gasteiger partial charge in [-0.15, -0.1) is 6.58 Å². The summed E-state index contributed by atoms with van der Waals surface area (Å²) in [7, 11) is -3.44. The topological polar surface area (TPSA) is 72.4 Å². The zero-order valence-electron chi connectivity index (χ0n) is 14.7. The second-order valence-electron chi connectivity index (χ2n) is 7.41. The molecule has 1 atom stereocenters. The maximum absolute atomic E-state index is 13.5. The van der Waals surface area contributed by atoms with E-state index in [2.05, 4.69) is 21.4 Å². The molecule has 2 aliphatic carbocycles. The van der Waals surface area contributed by atoms with E-state index in [4.69, 9.17) is 16.3 Å². The van der Waals surface area contributed by atoms with Gasteiger partial charge < -0.3 is 9.64 Å². The fourth-order valence-electron chi connectivity index (χ4n) is 4.04. The quantitative estimate of drug-likeness (QED) is 0.543. The van der Waals surface area contributed by atoms with Crippen LogP contribution in [0.25, 0.3) is 0 Å². The van der Waals surface area contributed by atoms with Crippen LogP contribution < -0.4 is 4.90 Å². The Balaban J connectivity index is 1.74. The van der Waals surface area contributed by atoms with Crippen LogP contribution in [0.5, 0.6) is 0 Å². The number of nitrogens with zero attached hydrogens (tertiary/aromatic N) is 3. The minimum atomic E-state index is -3.44. The third-order valence-electron chi connectivity index (χ3n) is 5.87. The number of morpholine rings is 1. The van der Waals surface area contributed by atoms with Crippen molar-refractivity contribution in [1.82, 2.24) is 9.97 Å². The average molecular weight is 398 g/mol. The highest BCUT2D eigenvalue weighted by Crippen LogP contribution is 2.53.